The lowest BCUT2D eigenvalue weighted by Gasteiger charge is -2.07. The molecule has 0 nitrogen and oxygen atoms in total. The molecule has 0 aliphatic rings. The van der Waals surface area contributed by atoms with Crippen LogP contribution in [0.4, 0.5) is 0 Å². The highest BCUT2D eigenvalue weighted by atomic mass is 32.1. The van der Waals surface area contributed by atoms with Crippen LogP contribution in [0.25, 0.3) is 121 Å². The van der Waals surface area contributed by atoms with E-state index in [4.69, 9.17) is 0 Å². The molecule has 0 spiro atoms. The quantitative estimate of drug-likeness (QED) is 0.114. The van der Waals surface area contributed by atoms with Gasteiger partial charge in [-0.3, -0.25) is 0 Å². The van der Waals surface area contributed by atoms with Gasteiger partial charge in [0.1, 0.15) is 0 Å². The zero-order valence-electron chi connectivity index (χ0n) is 37.7. The van der Waals surface area contributed by atoms with Crippen LogP contribution in [0.2, 0.25) is 0 Å². The normalized spacial score (nSPS) is 11.3. The summed E-state index contributed by atoms with van der Waals surface area (Å²) >= 11 is 22.1. The van der Waals surface area contributed by atoms with Gasteiger partial charge in [-0.25, -0.2) is 0 Å². The standard InChI is InChI=1S/2C30H18S6/c2*1-4-25(31-13-1)28-10-7-22(34-28)19-16-20(23-8-11-29(35-23)26-5-2-14-32-26)18-21(17-19)24-9-12-30(36-24)27-6-3-15-33-27/h2*1-18H. The van der Waals surface area contributed by atoms with Gasteiger partial charge >= 0.3 is 0 Å². The predicted molar refractivity (Wildman–Crippen MR) is 333 cm³/mol. The third kappa shape index (κ3) is 9.97. The van der Waals surface area contributed by atoms with Gasteiger partial charge in [-0.1, -0.05) is 36.4 Å². The number of thiophene rings is 12. The fourth-order valence-electron chi connectivity index (χ4n) is 8.37. The summed E-state index contributed by atoms with van der Waals surface area (Å²) in [6.07, 6.45) is 0. The molecule has 0 saturated heterocycles. The minimum absolute atomic E-state index is 1.28. The van der Waals surface area contributed by atoms with Crippen LogP contribution in [-0.2, 0) is 0 Å². The van der Waals surface area contributed by atoms with E-state index in [0.29, 0.717) is 0 Å². The Balaban J connectivity index is 0.000000140. The largest absolute Gasteiger partial charge is 0.143 e. The molecule has 0 N–H and O–H groups in total. The highest BCUT2D eigenvalue weighted by molar-refractivity contribution is 7.26. The molecule has 0 amide bonds. The summed E-state index contributed by atoms with van der Waals surface area (Å²) in [5.41, 5.74) is 7.71. The molecule has 0 atom stereocenters. The lowest BCUT2D eigenvalue weighted by molar-refractivity contribution is 1.67. The minimum atomic E-state index is 1.28. The molecule has 0 bridgehead atoms. The Morgan fingerprint density at radius 1 is 0.153 bits per heavy atom. The molecule has 12 aromatic heterocycles. The smallest absolute Gasteiger partial charge is 0.0449 e. The van der Waals surface area contributed by atoms with Crippen molar-refractivity contribution in [1.82, 2.24) is 0 Å². The number of rotatable bonds is 12. The molecule has 0 unspecified atom stereocenters. The van der Waals surface area contributed by atoms with Crippen LogP contribution < -0.4 is 0 Å². The molecule has 2 aromatic carbocycles. The minimum Gasteiger partial charge on any atom is -0.143 e. The summed E-state index contributed by atoms with van der Waals surface area (Å²) in [7, 11) is 0. The van der Waals surface area contributed by atoms with E-state index >= 15 is 0 Å². The Morgan fingerprint density at radius 3 is 0.444 bits per heavy atom. The van der Waals surface area contributed by atoms with E-state index in [9.17, 15) is 0 Å². The first-order valence-electron chi connectivity index (χ1n) is 22.7. The molecule has 14 aromatic rings. The number of benzene rings is 2. The first-order chi connectivity index (χ1) is 35.6. The fourth-order valence-corrected chi connectivity index (χ4v) is 19.3. The summed E-state index contributed by atoms with van der Waals surface area (Å²) in [6.45, 7) is 0. The molecular weight excluding hydrogens is 1110 g/mol. The Labute approximate surface area is 466 Å². The van der Waals surface area contributed by atoms with E-state index < -0.39 is 0 Å². The third-order valence-corrected chi connectivity index (χ3v) is 25.0. The van der Waals surface area contributed by atoms with Gasteiger partial charge in [0.05, 0.1) is 0 Å². The Hall–Kier alpha value is -5.16. The van der Waals surface area contributed by atoms with Crippen molar-refractivity contribution in [3.63, 3.8) is 0 Å². The van der Waals surface area contributed by atoms with Crippen molar-refractivity contribution < 1.29 is 0 Å². The van der Waals surface area contributed by atoms with E-state index in [1.165, 1.54) is 121 Å². The summed E-state index contributed by atoms with van der Waals surface area (Å²) < 4.78 is 0. The van der Waals surface area contributed by atoms with Gasteiger partial charge in [-0.05, 0) is 211 Å². The predicted octanol–water partition coefficient (Wildman–Crippen LogP) is 24.1. The van der Waals surface area contributed by atoms with Gasteiger partial charge in [-0.15, -0.1) is 136 Å². The first-order valence-corrected chi connectivity index (χ1v) is 32.9. The Morgan fingerprint density at radius 2 is 0.306 bits per heavy atom. The van der Waals surface area contributed by atoms with Gasteiger partial charge in [0.25, 0.3) is 0 Å². The number of hydrogen-bond acceptors (Lipinski definition) is 12. The van der Waals surface area contributed by atoms with Crippen LogP contribution in [-0.4, -0.2) is 0 Å². The molecule has 0 aliphatic heterocycles. The topological polar surface area (TPSA) is 0 Å². The second-order valence-electron chi connectivity index (χ2n) is 16.4. The average Bonchev–Trinajstić information content (AvgIpc) is 4.26. The molecule has 0 saturated carbocycles. The molecule has 0 radical (unpaired) electrons. The van der Waals surface area contributed by atoms with Crippen molar-refractivity contribution in [3.05, 3.63) is 214 Å². The van der Waals surface area contributed by atoms with Crippen LogP contribution in [0.5, 0.6) is 0 Å². The third-order valence-electron chi connectivity index (χ3n) is 11.8. The molecular formula is C60H36S12. The molecule has 0 fully saturated rings. The monoisotopic (exact) mass is 1140 g/mol. The summed E-state index contributed by atoms with van der Waals surface area (Å²) in [5, 5.41) is 12.9. The SMILES string of the molecule is c1csc(-c2ccc(-c3cc(-c4ccc(-c5cccs5)s4)cc(-c4ccc(-c5cccs5)s4)c3)s2)c1.c1csc(-c2ccc(-c3cc(-c4ccc(-c5cccs5)s4)cc(-c4ccc(-c5cccs5)s4)c3)s2)c1. The molecule has 12 heterocycles. The van der Waals surface area contributed by atoms with Gasteiger partial charge in [0.15, 0.2) is 0 Å². The first kappa shape index (κ1) is 46.6. The maximum Gasteiger partial charge on any atom is 0.0449 e. The van der Waals surface area contributed by atoms with E-state index in [1.807, 2.05) is 68.0 Å². The highest BCUT2D eigenvalue weighted by Gasteiger charge is 2.17. The van der Waals surface area contributed by atoms with Crippen LogP contribution in [0, 0.1) is 0 Å². The Bertz CT molecular complexity index is 3270. The summed E-state index contributed by atoms with van der Waals surface area (Å²) in [6, 6.07) is 67.4. The lowest BCUT2D eigenvalue weighted by Crippen LogP contribution is -1.81. The second-order valence-corrected chi connectivity index (χ2v) is 28.6. The van der Waals surface area contributed by atoms with E-state index in [-0.39, 0.29) is 0 Å². The highest BCUT2D eigenvalue weighted by Crippen LogP contribution is 2.47. The van der Waals surface area contributed by atoms with Crippen LogP contribution in [0.15, 0.2) is 214 Å². The summed E-state index contributed by atoms with van der Waals surface area (Å²) in [4.78, 5) is 23.9. The van der Waals surface area contributed by atoms with Gasteiger partial charge < -0.3 is 0 Å². The van der Waals surface area contributed by atoms with Gasteiger partial charge in [0, 0.05) is 87.8 Å². The van der Waals surface area contributed by atoms with Gasteiger partial charge in [0.2, 0.25) is 0 Å². The van der Waals surface area contributed by atoms with Gasteiger partial charge in [-0.2, -0.15) is 0 Å². The fraction of sp³-hybridized carbons (Fsp3) is 0. The van der Waals surface area contributed by atoms with E-state index in [2.05, 4.69) is 214 Å². The van der Waals surface area contributed by atoms with Crippen molar-refractivity contribution >= 4 is 136 Å². The maximum absolute atomic E-state index is 2.37. The van der Waals surface area contributed by atoms with Crippen molar-refractivity contribution in [2.24, 2.45) is 0 Å². The lowest BCUT2D eigenvalue weighted by atomic mass is 10.0. The van der Waals surface area contributed by atoms with Crippen LogP contribution in [0.3, 0.4) is 0 Å². The van der Waals surface area contributed by atoms with Crippen molar-refractivity contribution in [3.8, 4) is 121 Å². The number of hydrogen-bond donors (Lipinski definition) is 0. The summed E-state index contributed by atoms with van der Waals surface area (Å²) in [5.74, 6) is 0. The van der Waals surface area contributed by atoms with Crippen molar-refractivity contribution in [2.75, 3.05) is 0 Å². The van der Waals surface area contributed by atoms with E-state index in [1.54, 1.807) is 68.0 Å². The van der Waals surface area contributed by atoms with Crippen molar-refractivity contribution in [1.29, 1.82) is 0 Å². The molecule has 72 heavy (non-hydrogen) atoms. The Kier molecular flexibility index (Phi) is 13.6. The average molecular weight is 1140 g/mol. The second kappa shape index (κ2) is 21.0. The maximum atomic E-state index is 2.37. The zero-order valence-corrected chi connectivity index (χ0v) is 47.5. The van der Waals surface area contributed by atoms with Crippen LogP contribution >= 0.6 is 136 Å². The molecule has 14 rings (SSSR count). The zero-order chi connectivity index (χ0) is 47.8. The molecule has 348 valence electrons. The van der Waals surface area contributed by atoms with E-state index in [0.717, 1.165) is 0 Å². The molecule has 0 aliphatic carbocycles. The van der Waals surface area contributed by atoms with Crippen LogP contribution in [0.1, 0.15) is 0 Å². The van der Waals surface area contributed by atoms with Crippen molar-refractivity contribution in [2.45, 2.75) is 0 Å². The molecule has 12 heteroatoms.